The molecule has 386 valence electrons. The van der Waals surface area contributed by atoms with Crippen LogP contribution in [-0.2, 0) is 27.4 Å². The van der Waals surface area contributed by atoms with Crippen molar-refractivity contribution in [3.8, 4) is 22.5 Å². The number of hydrogen-bond donors (Lipinski definition) is 5. The van der Waals surface area contributed by atoms with Gasteiger partial charge >= 0.3 is 11.9 Å². The Morgan fingerprint density at radius 2 is 1.17 bits per heavy atom. The molecule has 5 N–H and O–H groups in total. The predicted octanol–water partition coefficient (Wildman–Crippen LogP) is 13.5. The van der Waals surface area contributed by atoms with E-state index in [1.807, 2.05) is 36.4 Å². The summed E-state index contributed by atoms with van der Waals surface area (Å²) in [4.78, 5) is 51.0. The van der Waals surface area contributed by atoms with Gasteiger partial charge in [-0.1, -0.05) is 112 Å². The number of benzene rings is 5. The topological polar surface area (TPSA) is 156 Å². The van der Waals surface area contributed by atoms with E-state index >= 15 is 0 Å². The molecule has 3 aliphatic carbocycles. The summed E-state index contributed by atoms with van der Waals surface area (Å²) in [5.41, 5.74) is 13.8. The van der Waals surface area contributed by atoms with Gasteiger partial charge in [-0.2, -0.15) is 0 Å². The molecule has 7 aromatic rings. The first-order chi connectivity index (χ1) is 36.7. The summed E-state index contributed by atoms with van der Waals surface area (Å²) in [6.45, 7) is 5.39. The van der Waals surface area contributed by atoms with Gasteiger partial charge in [0.15, 0.2) is 0 Å². The number of carbonyl (C=O) groups is 4. The third-order valence-corrected chi connectivity index (χ3v) is 16.5. The third kappa shape index (κ3) is 9.95. The largest absolute Gasteiger partial charge is 0.478 e. The van der Waals surface area contributed by atoms with Gasteiger partial charge in [0.05, 0.1) is 23.6 Å². The van der Waals surface area contributed by atoms with Crippen molar-refractivity contribution in [1.82, 2.24) is 14.5 Å². The quantitative estimate of drug-likeness (QED) is 0.0670. The number of carboxylic acids is 1. The Hall–Kier alpha value is -7.60. The zero-order chi connectivity index (χ0) is 51.5. The standard InChI is InChI=1S/C40H44N4O4.C23H24N2O2/c1-2-48-35(45)21-16-27-14-18-30(19-15-27)42-39(47)40(22-8-9-23-40)43-38(46)29-17-20-32-34(26-29)44-25-24-41-33-13-7-6-12-31(33)37(44)36(32)28-10-4-3-5-11-28;26-23(27)16-10-11-18-20(14-16)25-13-12-24-19-9-5-4-8-17(19)22(25)21(18)15-6-2-1-3-7-15/h6-7,12-21,26,28,41H,2-5,8-11,22-25H2,1H3,(H,42,47)(H,43,46);4-5,8-11,14-15,24H,1-3,6-7,12-13H2,(H,26,27)/b21-16+;. The first-order valence-corrected chi connectivity index (χ1v) is 27.5. The molecule has 0 atom stereocenters. The number of nitrogens with one attached hydrogen (secondary N) is 4. The van der Waals surface area contributed by atoms with E-state index in [9.17, 15) is 24.3 Å². The van der Waals surface area contributed by atoms with Crippen LogP contribution in [0.1, 0.15) is 146 Å². The van der Waals surface area contributed by atoms with Crippen LogP contribution < -0.4 is 21.3 Å². The molecule has 12 nitrogen and oxygen atoms in total. The van der Waals surface area contributed by atoms with Gasteiger partial charge in [-0.05, 0) is 129 Å². The lowest BCUT2D eigenvalue weighted by Crippen LogP contribution is -2.55. The van der Waals surface area contributed by atoms with Crippen LogP contribution >= 0.6 is 0 Å². The van der Waals surface area contributed by atoms with E-state index in [-0.39, 0.29) is 11.8 Å². The molecule has 5 aromatic carbocycles. The Balaban J connectivity index is 0.000000187. The zero-order valence-corrected chi connectivity index (χ0v) is 43.0. The molecule has 2 aromatic heterocycles. The summed E-state index contributed by atoms with van der Waals surface area (Å²) in [7, 11) is 0. The minimum Gasteiger partial charge on any atom is -0.478 e. The lowest BCUT2D eigenvalue weighted by atomic mass is 9.81. The van der Waals surface area contributed by atoms with E-state index in [0.29, 0.717) is 48.1 Å². The molecule has 0 bridgehead atoms. The molecule has 3 fully saturated rings. The van der Waals surface area contributed by atoms with E-state index in [1.54, 1.807) is 31.2 Å². The molecule has 0 saturated heterocycles. The number of anilines is 3. The molecule has 5 aliphatic rings. The number of fused-ring (bicyclic) bond motifs is 10. The summed E-state index contributed by atoms with van der Waals surface area (Å²) in [6, 6.07) is 36.2. The molecule has 0 radical (unpaired) electrons. The van der Waals surface area contributed by atoms with E-state index in [0.717, 1.165) is 61.3 Å². The number of aromatic nitrogens is 2. The number of hydrogen-bond acceptors (Lipinski definition) is 7. The fraction of sp³-hybridized carbons (Fsp3) is 0.365. The highest BCUT2D eigenvalue weighted by atomic mass is 16.5. The van der Waals surface area contributed by atoms with Crippen LogP contribution in [0.15, 0.2) is 115 Å². The molecule has 2 aliphatic heterocycles. The lowest BCUT2D eigenvalue weighted by Gasteiger charge is -2.29. The van der Waals surface area contributed by atoms with Crippen LogP contribution in [0.5, 0.6) is 0 Å². The van der Waals surface area contributed by atoms with Crippen molar-refractivity contribution in [2.45, 2.75) is 127 Å². The molecule has 2 amide bonds. The molecular weight excluding hydrogens is 937 g/mol. The second-order valence-corrected chi connectivity index (χ2v) is 21.1. The van der Waals surface area contributed by atoms with E-state index < -0.39 is 17.5 Å². The highest BCUT2D eigenvalue weighted by Gasteiger charge is 2.43. The predicted molar refractivity (Wildman–Crippen MR) is 300 cm³/mol. The Kier molecular flexibility index (Phi) is 14.4. The first kappa shape index (κ1) is 49.6. The number of aromatic carboxylic acids is 1. The summed E-state index contributed by atoms with van der Waals surface area (Å²) < 4.78 is 9.71. The van der Waals surface area contributed by atoms with Crippen molar-refractivity contribution < 1.29 is 29.0 Å². The van der Waals surface area contributed by atoms with Gasteiger partial charge in [-0.25, -0.2) is 9.59 Å². The Morgan fingerprint density at radius 1 is 0.653 bits per heavy atom. The van der Waals surface area contributed by atoms with Gasteiger partial charge < -0.3 is 40.2 Å². The normalized spacial score (nSPS) is 17.2. The van der Waals surface area contributed by atoms with Crippen molar-refractivity contribution in [2.75, 3.05) is 35.6 Å². The smallest absolute Gasteiger partial charge is 0.335 e. The highest BCUT2D eigenvalue weighted by molar-refractivity contribution is 6.06. The molecule has 12 rings (SSSR count). The second kappa shape index (κ2) is 21.7. The van der Waals surface area contributed by atoms with Crippen LogP contribution in [-0.4, -0.2) is 63.2 Å². The van der Waals surface area contributed by atoms with Gasteiger partial charge in [0.25, 0.3) is 5.91 Å². The number of para-hydroxylation sites is 2. The van der Waals surface area contributed by atoms with E-state index in [1.165, 1.54) is 120 Å². The first-order valence-electron chi connectivity index (χ1n) is 27.5. The molecule has 4 heterocycles. The second-order valence-electron chi connectivity index (χ2n) is 21.1. The average Bonchev–Trinajstić information content (AvgIpc) is 4.06. The number of amides is 2. The number of carbonyl (C=O) groups excluding carboxylic acids is 3. The van der Waals surface area contributed by atoms with Gasteiger partial charge in [0.1, 0.15) is 5.54 Å². The van der Waals surface area contributed by atoms with E-state index in [2.05, 4.69) is 85.0 Å². The Bertz CT molecular complexity index is 3310. The maximum atomic E-state index is 14.0. The van der Waals surface area contributed by atoms with Gasteiger partial charge in [0, 0.05) is 87.8 Å². The maximum Gasteiger partial charge on any atom is 0.335 e. The van der Waals surface area contributed by atoms with Crippen LogP contribution in [0, 0.1) is 0 Å². The molecular formula is C63H68N6O6. The molecule has 0 spiro atoms. The highest BCUT2D eigenvalue weighted by Crippen LogP contribution is 2.48. The summed E-state index contributed by atoms with van der Waals surface area (Å²) in [5, 5.41) is 25.4. The molecule has 3 saturated carbocycles. The number of carboxylic acid groups (broad SMARTS) is 1. The molecule has 0 unspecified atom stereocenters. The van der Waals surface area contributed by atoms with Gasteiger partial charge in [-0.3, -0.25) is 9.59 Å². The zero-order valence-electron chi connectivity index (χ0n) is 43.0. The van der Waals surface area contributed by atoms with E-state index in [4.69, 9.17) is 4.74 Å². The number of nitrogens with zero attached hydrogens (tertiary/aromatic N) is 2. The van der Waals surface area contributed by atoms with Crippen molar-refractivity contribution in [2.24, 2.45) is 0 Å². The number of rotatable bonds is 10. The van der Waals surface area contributed by atoms with Crippen molar-refractivity contribution in [3.05, 3.63) is 143 Å². The fourth-order valence-electron chi connectivity index (χ4n) is 12.9. The maximum absolute atomic E-state index is 14.0. The van der Waals surface area contributed by atoms with Gasteiger partial charge in [-0.15, -0.1) is 0 Å². The number of esters is 1. The minimum absolute atomic E-state index is 0.205. The summed E-state index contributed by atoms with van der Waals surface area (Å²) in [5.74, 6) is -0.639. The van der Waals surface area contributed by atoms with Gasteiger partial charge in [0.2, 0.25) is 5.91 Å². The third-order valence-electron chi connectivity index (χ3n) is 16.5. The van der Waals surface area contributed by atoms with Crippen LogP contribution in [0.3, 0.4) is 0 Å². The molecule has 12 heteroatoms. The fourth-order valence-corrected chi connectivity index (χ4v) is 12.9. The Morgan fingerprint density at radius 3 is 1.71 bits per heavy atom. The monoisotopic (exact) mass is 1000 g/mol. The average molecular weight is 1010 g/mol. The van der Waals surface area contributed by atoms with Crippen LogP contribution in [0.2, 0.25) is 0 Å². The molecule has 75 heavy (non-hydrogen) atoms. The van der Waals surface area contributed by atoms with Crippen LogP contribution in [0.25, 0.3) is 50.4 Å². The summed E-state index contributed by atoms with van der Waals surface area (Å²) >= 11 is 0. The summed E-state index contributed by atoms with van der Waals surface area (Å²) in [6.07, 6.45) is 18.5. The number of ether oxygens (including phenoxy) is 1. The Labute approximate surface area is 438 Å². The SMILES string of the molecule is CCOC(=O)/C=C/c1ccc(NC(=O)C2(NC(=O)c3ccc4c(C5CCCCC5)c5n(c4c3)CCNc3ccccc3-5)CCCC2)cc1.O=C(O)c1ccc2c(C3CCCCC3)c3n(c2c1)CCNc1ccccc1-3. The lowest BCUT2D eigenvalue weighted by molar-refractivity contribution is -0.137. The van der Waals surface area contributed by atoms with Crippen LogP contribution in [0.4, 0.5) is 17.1 Å². The van der Waals surface area contributed by atoms with Crippen molar-refractivity contribution >= 4 is 68.7 Å². The van der Waals surface area contributed by atoms with Crippen molar-refractivity contribution in [3.63, 3.8) is 0 Å². The minimum atomic E-state index is -0.985. The van der Waals surface area contributed by atoms with Crippen molar-refractivity contribution in [1.29, 1.82) is 0 Å².